The maximum Gasteiger partial charge on any atom is 0.256 e. The van der Waals surface area contributed by atoms with Crippen LogP contribution >= 0.6 is 0 Å². The summed E-state index contributed by atoms with van der Waals surface area (Å²) in [6, 6.07) is 3.42. The molecule has 0 spiro atoms. The molecule has 1 atom stereocenters. The molecule has 6 heteroatoms. The van der Waals surface area contributed by atoms with Crippen molar-refractivity contribution in [2.24, 2.45) is 5.41 Å². The number of aromatic hydroxyl groups is 1. The third-order valence-corrected chi connectivity index (χ3v) is 3.72. The van der Waals surface area contributed by atoms with Gasteiger partial charge in [-0.15, -0.1) is 0 Å². The second-order valence-electron chi connectivity index (χ2n) is 5.28. The minimum atomic E-state index is -0.761. The minimum absolute atomic E-state index is 0.0936. The number of benzene rings is 1. The maximum absolute atomic E-state index is 13.7. The monoisotopic (exact) mass is 280 g/mol. The lowest BCUT2D eigenvalue weighted by Crippen LogP contribution is -2.40. The first-order chi connectivity index (χ1) is 9.37. The second kappa shape index (κ2) is 5.11. The van der Waals surface area contributed by atoms with Crippen LogP contribution in [0.2, 0.25) is 0 Å². The molecule has 2 amide bonds. The average molecular weight is 280 g/mol. The minimum Gasteiger partial charge on any atom is -0.508 e. The third kappa shape index (κ3) is 2.45. The molecule has 1 aromatic rings. The Morgan fingerprint density at radius 2 is 2.15 bits per heavy atom. The Labute approximate surface area is 116 Å². The highest BCUT2D eigenvalue weighted by Crippen LogP contribution is 2.31. The number of likely N-dealkylation sites (tertiary alicyclic amines) is 1. The van der Waals surface area contributed by atoms with E-state index in [4.69, 9.17) is 5.11 Å². The van der Waals surface area contributed by atoms with Crippen LogP contribution in [-0.2, 0) is 4.79 Å². The van der Waals surface area contributed by atoms with Crippen LogP contribution in [0.3, 0.4) is 0 Å². The Hall–Kier alpha value is -2.11. The van der Waals surface area contributed by atoms with Crippen LogP contribution in [0.5, 0.6) is 5.75 Å². The van der Waals surface area contributed by atoms with Gasteiger partial charge in [0.2, 0.25) is 5.91 Å². The highest BCUT2D eigenvalue weighted by molar-refractivity contribution is 5.95. The van der Waals surface area contributed by atoms with E-state index >= 15 is 0 Å². The summed E-state index contributed by atoms with van der Waals surface area (Å²) >= 11 is 0. The van der Waals surface area contributed by atoms with Gasteiger partial charge in [0.25, 0.3) is 5.91 Å². The fourth-order valence-corrected chi connectivity index (χ4v) is 2.47. The lowest BCUT2D eigenvalue weighted by Gasteiger charge is -2.22. The normalized spacial score (nSPS) is 21.9. The predicted molar refractivity (Wildman–Crippen MR) is 70.8 cm³/mol. The van der Waals surface area contributed by atoms with E-state index in [9.17, 15) is 14.0 Å². The van der Waals surface area contributed by atoms with Crippen LogP contribution in [-0.4, -0.2) is 42.0 Å². The molecule has 0 radical (unpaired) electrons. The Balaban J connectivity index is 2.18. The Morgan fingerprint density at radius 3 is 2.75 bits per heavy atom. The van der Waals surface area contributed by atoms with Gasteiger partial charge in [0.15, 0.2) is 0 Å². The number of phenolic OH excluding ortho intramolecular Hbond substituents is 1. The van der Waals surface area contributed by atoms with E-state index in [0.717, 1.165) is 6.07 Å². The topological polar surface area (TPSA) is 69.6 Å². The van der Waals surface area contributed by atoms with Crippen molar-refractivity contribution < 1.29 is 19.1 Å². The summed E-state index contributed by atoms with van der Waals surface area (Å²) in [4.78, 5) is 25.5. The zero-order valence-corrected chi connectivity index (χ0v) is 11.4. The van der Waals surface area contributed by atoms with Crippen LogP contribution in [0.1, 0.15) is 23.7 Å². The number of nitrogens with zero attached hydrogens (tertiary/aromatic N) is 1. The molecule has 0 aromatic heterocycles. The molecule has 2 rings (SSSR count). The highest BCUT2D eigenvalue weighted by atomic mass is 19.1. The second-order valence-corrected chi connectivity index (χ2v) is 5.28. The standard InChI is InChI=1S/C14H17FN2O3/c1-14(13(20)16-2)5-6-17(8-14)12(19)10-4-3-9(18)7-11(10)15/h3-4,7,18H,5-6,8H2,1-2H3,(H,16,20). The van der Waals surface area contributed by atoms with Gasteiger partial charge in [0.1, 0.15) is 11.6 Å². The van der Waals surface area contributed by atoms with Gasteiger partial charge >= 0.3 is 0 Å². The molecule has 1 saturated heterocycles. The predicted octanol–water partition coefficient (Wildman–Crippen LogP) is 1.13. The first kappa shape index (κ1) is 14.3. The Morgan fingerprint density at radius 1 is 1.45 bits per heavy atom. The van der Waals surface area contributed by atoms with Crippen molar-refractivity contribution >= 4 is 11.8 Å². The van der Waals surface area contributed by atoms with Crippen molar-refractivity contribution in [3.63, 3.8) is 0 Å². The van der Waals surface area contributed by atoms with Crippen molar-refractivity contribution in [3.8, 4) is 5.75 Å². The summed E-state index contributed by atoms with van der Waals surface area (Å²) in [5.41, 5.74) is -0.735. The van der Waals surface area contributed by atoms with Crippen LogP contribution in [0, 0.1) is 11.2 Å². The average Bonchev–Trinajstić information content (AvgIpc) is 2.81. The number of rotatable bonds is 2. The van der Waals surface area contributed by atoms with Gasteiger partial charge in [-0.25, -0.2) is 4.39 Å². The summed E-state index contributed by atoms with van der Waals surface area (Å²) in [7, 11) is 1.55. The molecule has 1 unspecified atom stereocenters. The molecule has 0 bridgehead atoms. The van der Waals surface area contributed by atoms with Gasteiger partial charge in [0, 0.05) is 26.2 Å². The molecule has 1 aliphatic rings. The first-order valence-electron chi connectivity index (χ1n) is 6.37. The molecule has 2 N–H and O–H groups in total. The van der Waals surface area contributed by atoms with E-state index in [1.165, 1.54) is 17.0 Å². The molecule has 1 aromatic carbocycles. The van der Waals surface area contributed by atoms with Gasteiger partial charge in [-0.2, -0.15) is 0 Å². The van der Waals surface area contributed by atoms with Crippen molar-refractivity contribution in [2.45, 2.75) is 13.3 Å². The number of hydrogen-bond acceptors (Lipinski definition) is 3. The number of carbonyl (C=O) groups is 2. The molecule has 108 valence electrons. The van der Waals surface area contributed by atoms with Gasteiger partial charge in [0.05, 0.1) is 11.0 Å². The van der Waals surface area contributed by atoms with Crippen LogP contribution < -0.4 is 5.32 Å². The summed E-state index contributed by atoms with van der Waals surface area (Å²) in [5, 5.41) is 11.7. The Bertz CT molecular complexity index is 561. The molecule has 0 saturated carbocycles. The number of halogens is 1. The fourth-order valence-electron chi connectivity index (χ4n) is 2.47. The van der Waals surface area contributed by atoms with Crippen molar-refractivity contribution in [3.05, 3.63) is 29.6 Å². The summed E-state index contributed by atoms with van der Waals surface area (Å²) in [6.45, 7) is 2.45. The lowest BCUT2D eigenvalue weighted by atomic mass is 9.89. The van der Waals surface area contributed by atoms with Crippen molar-refractivity contribution in [1.29, 1.82) is 0 Å². The summed E-state index contributed by atoms with van der Waals surface area (Å²) in [6.07, 6.45) is 0.540. The van der Waals surface area contributed by atoms with Crippen LogP contribution in [0.4, 0.5) is 4.39 Å². The molecule has 0 aliphatic carbocycles. The molecular formula is C14H17FN2O3. The molecular weight excluding hydrogens is 263 g/mol. The van der Waals surface area contributed by atoms with Crippen LogP contribution in [0.25, 0.3) is 0 Å². The number of amides is 2. The zero-order valence-electron chi connectivity index (χ0n) is 11.4. The lowest BCUT2D eigenvalue weighted by molar-refractivity contribution is -0.128. The number of hydrogen-bond donors (Lipinski definition) is 2. The summed E-state index contributed by atoms with van der Waals surface area (Å²) < 4.78 is 13.7. The van der Waals surface area contributed by atoms with Gasteiger partial charge < -0.3 is 15.3 Å². The van der Waals surface area contributed by atoms with E-state index in [-0.39, 0.29) is 23.8 Å². The number of phenols is 1. The van der Waals surface area contributed by atoms with Gasteiger partial charge in [-0.3, -0.25) is 9.59 Å². The SMILES string of the molecule is CNC(=O)C1(C)CCN(C(=O)c2ccc(O)cc2F)C1. The Kier molecular flexibility index (Phi) is 3.65. The van der Waals surface area contributed by atoms with Crippen molar-refractivity contribution in [1.82, 2.24) is 10.2 Å². The van der Waals surface area contributed by atoms with E-state index < -0.39 is 17.1 Å². The van der Waals surface area contributed by atoms with E-state index in [1.54, 1.807) is 14.0 Å². The molecule has 1 fully saturated rings. The molecule has 20 heavy (non-hydrogen) atoms. The quantitative estimate of drug-likeness (QED) is 0.853. The van der Waals surface area contributed by atoms with Crippen LogP contribution in [0.15, 0.2) is 18.2 Å². The molecule has 5 nitrogen and oxygen atoms in total. The highest BCUT2D eigenvalue weighted by Gasteiger charge is 2.41. The van der Waals surface area contributed by atoms with Crippen molar-refractivity contribution in [2.75, 3.05) is 20.1 Å². The number of carbonyl (C=O) groups excluding carboxylic acids is 2. The summed E-state index contributed by atoms with van der Waals surface area (Å²) in [5.74, 6) is -1.58. The van der Waals surface area contributed by atoms with Gasteiger partial charge in [-0.05, 0) is 25.5 Å². The number of nitrogens with one attached hydrogen (secondary N) is 1. The largest absolute Gasteiger partial charge is 0.508 e. The third-order valence-electron chi connectivity index (χ3n) is 3.72. The first-order valence-corrected chi connectivity index (χ1v) is 6.37. The fraction of sp³-hybridized carbons (Fsp3) is 0.429. The zero-order chi connectivity index (χ0) is 14.9. The molecule has 1 aliphatic heterocycles. The maximum atomic E-state index is 13.7. The van der Waals surface area contributed by atoms with E-state index in [1.807, 2.05) is 0 Å². The smallest absolute Gasteiger partial charge is 0.256 e. The molecule has 1 heterocycles. The van der Waals surface area contributed by atoms with Gasteiger partial charge in [-0.1, -0.05) is 0 Å². The van der Waals surface area contributed by atoms with E-state index in [0.29, 0.717) is 13.0 Å². The van der Waals surface area contributed by atoms with E-state index in [2.05, 4.69) is 5.32 Å².